The molecule has 0 N–H and O–H groups in total. The third-order valence-corrected chi connectivity index (χ3v) is 4.07. The van der Waals surface area contributed by atoms with Crippen molar-refractivity contribution in [2.45, 2.75) is 26.7 Å². The van der Waals surface area contributed by atoms with Gasteiger partial charge in [0.15, 0.2) is 0 Å². The lowest BCUT2D eigenvalue weighted by atomic mass is 10.1. The standard InChI is InChI=1S/C11H14OS/c1-7(12)9-10(11(9,2)3)8-5-4-6-13-8/h4-6,9-10H,1-3H3. The van der Waals surface area contributed by atoms with Crippen LogP contribution in [0, 0.1) is 11.3 Å². The van der Waals surface area contributed by atoms with E-state index in [-0.39, 0.29) is 11.3 Å². The number of hydrogen-bond acceptors (Lipinski definition) is 2. The monoisotopic (exact) mass is 194 g/mol. The molecule has 1 fully saturated rings. The molecule has 0 bridgehead atoms. The second-order valence-electron chi connectivity index (χ2n) is 4.40. The molecule has 1 saturated carbocycles. The van der Waals surface area contributed by atoms with Crippen LogP contribution in [0.15, 0.2) is 17.5 Å². The summed E-state index contributed by atoms with van der Waals surface area (Å²) in [5.74, 6) is 1.07. The lowest BCUT2D eigenvalue weighted by Gasteiger charge is -1.98. The maximum Gasteiger partial charge on any atom is 0.134 e. The number of hydrogen-bond donors (Lipinski definition) is 0. The predicted molar refractivity (Wildman–Crippen MR) is 55.0 cm³/mol. The van der Waals surface area contributed by atoms with Crippen LogP contribution >= 0.6 is 11.3 Å². The minimum atomic E-state index is 0.191. The Balaban J connectivity index is 2.25. The van der Waals surface area contributed by atoms with Gasteiger partial charge in [-0.1, -0.05) is 19.9 Å². The van der Waals surface area contributed by atoms with E-state index in [0.717, 1.165) is 0 Å². The molecule has 1 nitrogen and oxygen atoms in total. The van der Waals surface area contributed by atoms with E-state index in [4.69, 9.17) is 0 Å². The lowest BCUT2D eigenvalue weighted by Crippen LogP contribution is -1.99. The van der Waals surface area contributed by atoms with Crippen molar-refractivity contribution in [3.05, 3.63) is 22.4 Å². The molecule has 0 aliphatic heterocycles. The Hall–Kier alpha value is -0.630. The van der Waals surface area contributed by atoms with E-state index in [1.807, 2.05) is 0 Å². The minimum absolute atomic E-state index is 0.191. The largest absolute Gasteiger partial charge is 0.300 e. The van der Waals surface area contributed by atoms with Gasteiger partial charge in [-0.05, 0) is 23.8 Å². The van der Waals surface area contributed by atoms with Gasteiger partial charge in [0.25, 0.3) is 0 Å². The molecule has 1 aromatic rings. The number of Topliss-reactive ketones (excluding diaryl/α,β-unsaturated/α-hetero) is 1. The summed E-state index contributed by atoms with van der Waals surface area (Å²) in [4.78, 5) is 12.7. The zero-order valence-electron chi connectivity index (χ0n) is 8.20. The van der Waals surface area contributed by atoms with Crippen molar-refractivity contribution in [3.8, 4) is 0 Å². The van der Waals surface area contributed by atoms with Gasteiger partial charge in [0, 0.05) is 16.7 Å². The molecule has 70 valence electrons. The Bertz CT molecular complexity index is 324. The van der Waals surface area contributed by atoms with Crippen molar-refractivity contribution in [2.75, 3.05) is 0 Å². The van der Waals surface area contributed by atoms with Crippen LogP contribution in [0.2, 0.25) is 0 Å². The van der Waals surface area contributed by atoms with Crippen molar-refractivity contribution in [3.63, 3.8) is 0 Å². The van der Waals surface area contributed by atoms with Crippen molar-refractivity contribution < 1.29 is 4.79 Å². The van der Waals surface area contributed by atoms with E-state index in [1.54, 1.807) is 18.3 Å². The van der Waals surface area contributed by atoms with E-state index in [9.17, 15) is 4.79 Å². The normalized spacial score (nSPS) is 30.1. The summed E-state index contributed by atoms with van der Waals surface area (Å²) in [7, 11) is 0. The summed E-state index contributed by atoms with van der Waals surface area (Å²) in [6, 6.07) is 4.20. The molecular formula is C11H14OS. The number of carbonyl (C=O) groups excluding carboxylic acids is 1. The molecule has 1 heterocycles. The highest BCUT2D eigenvalue weighted by Crippen LogP contribution is 2.65. The molecule has 2 unspecified atom stereocenters. The van der Waals surface area contributed by atoms with Crippen molar-refractivity contribution in [1.29, 1.82) is 0 Å². The molecule has 2 atom stereocenters. The zero-order valence-corrected chi connectivity index (χ0v) is 9.02. The molecule has 1 aromatic heterocycles. The minimum Gasteiger partial charge on any atom is -0.300 e. The Morgan fingerprint density at radius 2 is 2.23 bits per heavy atom. The molecule has 0 aromatic carbocycles. The number of carbonyl (C=O) groups is 1. The van der Waals surface area contributed by atoms with Crippen LogP contribution < -0.4 is 0 Å². The second kappa shape index (κ2) is 2.68. The quantitative estimate of drug-likeness (QED) is 0.707. The highest BCUT2D eigenvalue weighted by atomic mass is 32.1. The fourth-order valence-corrected chi connectivity index (χ4v) is 3.45. The molecule has 0 radical (unpaired) electrons. The molecule has 0 spiro atoms. The Labute approximate surface area is 82.8 Å². The fraction of sp³-hybridized carbons (Fsp3) is 0.545. The molecule has 1 aliphatic carbocycles. The average molecular weight is 194 g/mol. The summed E-state index contributed by atoms with van der Waals surface area (Å²) >= 11 is 1.76. The van der Waals surface area contributed by atoms with Crippen LogP contribution in [0.5, 0.6) is 0 Å². The van der Waals surface area contributed by atoms with Crippen molar-refractivity contribution in [1.82, 2.24) is 0 Å². The van der Waals surface area contributed by atoms with Gasteiger partial charge in [-0.25, -0.2) is 0 Å². The summed E-state index contributed by atoms with van der Waals surface area (Å²) in [5.41, 5.74) is 0.191. The van der Waals surface area contributed by atoms with Crippen molar-refractivity contribution >= 4 is 17.1 Å². The number of rotatable bonds is 2. The fourth-order valence-electron chi connectivity index (χ4n) is 2.40. The molecular weight excluding hydrogens is 180 g/mol. The van der Waals surface area contributed by atoms with Gasteiger partial charge in [-0.15, -0.1) is 11.3 Å². The molecule has 2 rings (SSSR count). The second-order valence-corrected chi connectivity index (χ2v) is 5.38. The van der Waals surface area contributed by atoms with Crippen molar-refractivity contribution in [2.24, 2.45) is 11.3 Å². The van der Waals surface area contributed by atoms with Gasteiger partial charge in [0.2, 0.25) is 0 Å². The van der Waals surface area contributed by atoms with Crippen LogP contribution in [-0.2, 0) is 4.79 Å². The first-order valence-electron chi connectivity index (χ1n) is 4.59. The van der Waals surface area contributed by atoms with Gasteiger partial charge >= 0.3 is 0 Å². The number of thiophene rings is 1. The third kappa shape index (κ3) is 1.24. The first-order chi connectivity index (χ1) is 6.05. The van der Waals surface area contributed by atoms with Crippen LogP contribution in [-0.4, -0.2) is 5.78 Å². The van der Waals surface area contributed by atoms with Crippen LogP contribution in [0.25, 0.3) is 0 Å². The summed E-state index contributed by atoms with van der Waals surface area (Å²) in [6.07, 6.45) is 0. The Morgan fingerprint density at radius 1 is 1.54 bits per heavy atom. The van der Waals surface area contributed by atoms with Gasteiger partial charge in [-0.3, -0.25) is 4.79 Å². The highest BCUT2D eigenvalue weighted by Gasteiger charge is 2.61. The number of ketones is 1. The Morgan fingerprint density at radius 3 is 2.62 bits per heavy atom. The van der Waals surface area contributed by atoms with Crippen LogP contribution in [0.4, 0.5) is 0 Å². The van der Waals surface area contributed by atoms with E-state index < -0.39 is 0 Å². The van der Waals surface area contributed by atoms with E-state index >= 15 is 0 Å². The summed E-state index contributed by atoms with van der Waals surface area (Å²) in [6.45, 7) is 6.08. The smallest absolute Gasteiger partial charge is 0.134 e. The summed E-state index contributed by atoms with van der Waals surface area (Å²) < 4.78 is 0. The lowest BCUT2D eigenvalue weighted by molar-refractivity contribution is -0.118. The molecule has 0 amide bonds. The van der Waals surface area contributed by atoms with Gasteiger partial charge in [0.05, 0.1) is 0 Å². The first kappa shape index (κ1) is 8.95. The Kier molecular flexibility index (Phi) is 1.84. The molecule has 0 saturated heterocycles. The topological polar surface area (TPSA) is 17.1 Å². The van der Waals surface area contributed by atoms with Crippen LogP contribution in [0.1, 0.15) is 31.6 Å². The van der Waals surface area contributed by atoms with E-state index in [1.165, 1.54) is 4.88 Å². The predicted octanol–water partition coefficient (Wildman–Crippen LogP) is 3.08. The van der Waals surface area contributed by atoms with Gasteiger partial charge < -0.3 is 0 Å². The molecule has 2 heteroatoms. The average Bonchev–Trinajstić information content (AvgIpc) is 2.50. The highest BCUT2D eigenvalue weighted by molar-refractivity contribution is 7.10. The zero-order chi connectivity index (χ0) is 9.64. The third-order valence-electron chi connectivity index (χ3n) is 3.12. The first-order valence-corrected chi connectivity index (χ1v) is 5.47. The molecule has 1 aliphatic rings. The van der Waals surface area contributed by atoms with Crippen LogP contribution in [0.3, 0.4) is 0 Å². The maximum absolute atomic E-state index is 11.3. The van der Waals surface area contributed by atoms with E-state index in [0.29, 0.717) is 11.7 Å². The summed E-state index contributed by atoms with van der Waals surface area (Å²) in [5, 5.41) is 2.08. The SMILES string of the molecule is CC(=O)C1C(c2cccs2)C1(C)C. The van der Waals surface area contributed by atoms with Gasteiger partial charge in [-0.2, -0.15) is 0 Å². The molecule has 13 heavy (non-hydrogen) atoms. The van der Waals surface area contributed by atoms with E-state index in [2.05, 4.69) is 31.4 Å². The maximum atomic E-state index is 11.3. The van der Waals surface area contributed by atoms with Gasteiger partial charge in [0.1, 0.15) is 5.78 Å².